The van der Waals surface area contributed by atoms with Crippen LogP contribution in [0.4, 0.5) is 0 Å². The van der Waals surface area contributed by atoms with Gasteiger partial charge < -0.3 is 0 Å². The van der Waals surface area contributed by atoms with E-state index in [9.17, 15) is 0 Å². The van der Waals surface area contributed by atoms with Crippen molar-refractivity contribution in [2.75, 3.05) is 0 Å². The summed E-state index contributed by atoms with van der Waals surface area (Å²) in [6.07, 6.45) is 8.88. The van der Waals surface area contributed by atoms with Crippen LogP contribution in [0.3, 0.4) is 0 Å². The molecule has 72 valence electrons. The molecule has 0 aromatic heterocycles. The quantitative estimate of drug-likeness (QED) is 0.551. The van der Waals surface area contributed by atoms with Crippen molar-refractivity contribution < 1.29 is 0 Å². The fraction of sp³-hybridized carbons (Fsp3) is 0.500. The number of hydrogen-bond donors (Lipinski definition) is 0. The molecule has 0 aliphatic rings. The van der Waals surface area contributed by atoms with Crippen LogP contribution in [0.5, 0.6) is 0 Å². The topological polar surface area (TPSA) is 0 Å². The molecule has 0 saturated heterocycles. The summed E-state index contributed by atoms with van der Waals surface area (Å²) in [7, 11) is 0. The molecule has 0 nitrogen and oxygen atoms in total. The van der Waals surface area contributed by atoms with Gasteiger partial charge in [0.1, 0.15) is 0 Å². The van der Waals surface area contributed by atoms with Crippen LogP contribution in [0, 0.1) is 40.0 Å². The summed E-state index contributed by atoms with van der Waals surface area (Å²) < 4.78 is 0. The van der Waals surface area contributed by atoms with E-state index in [1.165, 1.54) is 0 Å². The first kappa shape index (κ1) is 17.6. The molecule has 0 aliphatic carbocycles. The largest absolute Gasteiger partial charge is 0.299 e. The smallest absolute Gasteiger partial charge is 0.0742 e. The first-order valence-electron chi connectivity index (χ1n) is 4.46. The van der Waals surface area contributed by atoms with Gasteiger partial charge in [0.05, 0.1) is 20.8 Å². The highest BCUT2D eigenvalue weighted by molar-refractivity contribution is 4.54. The van der Waals surface area contributed by atoms with Gasteiger partial charge in [0.15, 0.2) is 0 Å². The molecular weight excluding hydrogens is 144 g/mol. The minimum absolute atomic E-state index is 0.944. The molecule has 0 atom stereocenters. The van der Waals surface area contributed by atoms with Crippen LogP contribution < -0.4 is 0 Å². The highest BCUT2D eigenvalue weighted by Crippen LogP contribution is 1.74. The summed E-state index contributed by atoms with van der Waals surface area (Å²) in [6.45, 7) is 16.6. The van der Waals surface area contributed by atoms with Crippen LogP contribution in [-0.2, 0) is 0 Å². The number of hydrogen-bond acceptors (Lipinski definition) is 0. The van der Waals surface area contributed by atoms with E-state index in [4.69, 9.17) is 0 Å². The Morgan fingerprint density at radius 3 is 0.750 bits per heavy atom. The summed E-state index contributed by atoms with van der Waals surface area (Å²) in [6, 6.07) is 0. The standard InChI is InChI=1S/3C4H8/c3*1-3-4-2/h3*4H,1,3H2,2H3. The fourth-order valence-electron chi connectivity index (χ4n) is 0. The molecule has 0 N–H and O–H groups in total. The highest BCUT2D eigenvalue weighted by Gasteiger charge is 1.61. The van der Waals surface area contributed by atoms with E-state index in [2.05, 4.69) is 20.8 Å². The maximum Gasteiger partial charge on any atom is 0.0742 e. The SMILES string of the molecule is [CH2-]C[CH+]C.[CH2-]C[CH+]C.[CH2-]C[CH+]C. The van der Waals surface area contributed by atoms with Gasteiger partial charge in [-0.25, -0.2) is 0 Å². The molecule has 0 aromatic carbocycles. The van der Waals surface area contributed by atoms with Gasteiger partial charge in [-0.05, 0) is 19.3 Å². The van der Waals surface area contributed by atoms with E-state index >= 15 is 0 Å². The molecule has 0 bridgehead atoms. The van der Waals surface area contributed by atoms with Gasteiger partial charge in [0.2, 0.25) is 0 Å². The minimum atomic E-state index is 0.944. The van der Waals surface area contributed by atoms with Crippen LogP contribution in [0.2, 0.25) is 0 Å². The van der Waals surface area contributed by atoms with Gasteiger partial charge in [-0.2, -0.15) is 0 Å². The maximum absolute atomic E-state index is 3.55. The van der Waals surface area contributed by atoms with E-state index in [1.54, 1.807) is 0 Å². The Kier molecular flexibility index (Phi) is 45.7. The third-order valence-corrected chi connectivity index (χ3v) is 0.866. The molecular formula is C12H24. The zero-order valence-electron chi connectivity index (χ0n) is 8.97. The van der Waals surface area contributed by atoms with Crippen molar-refractivity contribution in [1.29, 1.82) is 0 Å². The summed E-state index contributed by atoms with van der Waals surface area (Å²) in [5.41, 5.74) is 0. The van der Waals surface area contributed by atoms with Crippen molar-refractivity contribution in [3.05, 3.63) is 40.0 Å². The molecule has 12 heavy (non-hydrogen) atoms. The normalized spacial score (nSPS) is 6.50. The first-order valence-corrected chi connectivity index (χ1v) is 4.46. The van der Waals surface area contributed by atoms with E-state index in [-0.39, 0.29) is 0 Å². The van der Waals surface area contributed by atoms with Gasteiger partial charge in [-0.3, -0.25) is 20.8 Å². The third-order valence-electron chi connectivity index (χ3n) is 0.866. The van der Waals surface area contributed by atoms with E-state index in [0.29, 0.717) is 0 Å². The Bertz CT molecular complexity index is 15.5. The van der Waals surface area contributed by atoms with Gasteiger partial charge in [-0.15, -0.1) is 0 Å². The molecule has 0 radical (unpaired) electrons. The van der Waals surface area contributed by atoms with E-state index in [0.717, 1.165) is 19.3 Å². The van der Waals surface area contributed by atoms with E-state index < -0.39 is 0 Å². The average molecular weight is 168 g/mol. The Labute approximate surface area is 80.8 Å². The van der Waals surface area contributed by atoms with Crippen LogP contribution in [0.1, 0.15) is 40.0 Å². The maximum atomic E-state index is 3.55. The number of unbranched alkanes of at least 4 members (excludes halogenated alkanes) is 3. The molecule has 0 spiro atoms. The second-order valence-corrected chi connectivity index (χ2v) is 2.09. The molecule has 0 aliphatic heterocycles. The van der Waals surface area contributed by atoms with Gasteiger partial charge in [-0.1, -0.05) is 0 Å². The Morgan fingerprint density at radius 2 is 0.750 bits per heavy atom. The van der Waals surface area contributed by atoms with Gasteiger partial charge >= 0.3 is 0 Å². The predicted molar refractivity (Wildman–Crippen MR) is 59.8 cm³/mol. The van der Waals surface area contributed by atoms with Crippen LogP contribution in [-0.4, -0.2) is 0 Å². The van der Waals surface area contributed by atoms with Crippen molar-refractivity contribution in [3.63, 3.8) is 0 Å². The summed E-state index contributed by atoms with van der Waals surface area (Å²) in [5, 5.41) is 0. The Hall–Kier alpha value is -0.390. The van der Waals surface area contributed by atoms with Gasteiger partial charge in [0, 0.05) is 19.3 Å². The summed E-state index contributed by atoms with van der Waals surface area (Å²) in [5.74, 6) is 0. The van der Waals surface area contributed by atoms with Crippen molar-refractivity contribution >= 4 is 0 Å². The summed E-state index contributed by atoms with van der Waals surface area (Å²) >= 11 is 0. The zero-order valence-corrected chi connectivity index (χ0v) is 8.97. The lowest BCUT2D eigenvalue weighted by Crippen LogP contribution is -1.51. The lowest BCUT2D eigenvalue weighted by atomic mass is 10.4. The molecule has 0 rings (SSSR count). The molecule has 0 unspecified atom stereocenters. The lowest BCUT2D eigenvalue weighted by Gasteiger charge is -1.66. The number of rotatable bonds is 3. The lowest BCUT2D eigenvalue weighted by molar-refractivity contribution is 1.21. The molecule has 0 heterocycles. The van der Waals surface area contributed by atoms with Crippen LogP contribution in [0.15, 0.2) is 0 Å². The first-order chi connectivity index (χ1) is 5.74. The van der Waals surface area contributed by atoms with Crippen LogP contribution in [0.25, 0.3) is 0 Å². The molecule has 0 aromatic rings. The fourth-order valence-corrected chi connectivity index (χ4v) is 0. The molecule has 0 heteroatoms. The van der Waals surface area contributed by atoms with Crippen molar-refractivity contribution in [2.24, 2.45) is 0 Å². The second kappa shape index (κ2) is 31.1. The highest BCUT2D eigenvalue weighted by atomic mass is 13.6. The van der Waals surface area contributed by atoms with E-state index in [1.807, 2.05) is 40.0 Å². The predicted octanol–water partition coefficient (Wildman–Crippen LogP) is 4.30. The van der Waals surface area contributed by atoms with Crippen LogP contribution >= 0.6 is 0 Å². The third kappa shape index (κ3) is 105. The molecule has 0 fully saturated rings. The van der Waals surface area contributed by atoms with Crippen molar-refractivity contribution in [2.45, 2.75) is 40.0 Å². The van der Waals surface area contributed by atoms with Crippen molar-refractivity contribution in [3.8, 4) is 0 Å². The van der Waals surface area contributed by atoms with Crippen molar-refractivity contribution in [1.82, 2.24) is 0 Å². The van der Waals surface area contributed by atoms with Gasteiger partial charge in [0.25, 0.3) is 0 Å². The minimum Gasteiger partial charge on any atom is -0.299 e. The molecule has 0 saturated carbocycles. The second-order valence-electron chi connectivity index (χ2n) is 2.09. The average Bonchev–Trinajstić information content (AvgIpc) is 2.18. The zero-order chi connectivity index (χ0) is 10.2. The molecule has 0 amide bonds. The monoisotopic (exact) mass is 168 g/mol. The Balaban J connectivity index is -0.000000101. The summed E-state index contributed by atoms with van der Waals surface area (Å²) in [4.78, 5) is 0. The Morgan fingerprint density at radius 1 is 0.667 bits per heavy atom.